The quantitative estimate of drug-likeness (QED) is 0.583. The Kier molecular flexibility index (Phi) is 6.56. The summed E-state index contributed by atoms with van der Waals surface area (Å²) in [5.74, 6) is -0.330. The van der Waals surface area contributed by atoms with Crippen LogP contribution in [0.25, 0.3) is 5.69 Å². The lowest BCUT2D eigenvalue weighted by Gasteiger charge is -2.24. The van der Waals surface area contributed by atoms with Crippen LogP contribution in [0.3, 0.4) is 0 Å². The van der Waals surface area contributed by atoms with Gasteiger partial charge in [-0.2, -0.15) is 18.3 Å². The minimum atomic E-state index is -4.43. The monoisotopic (exact) mass is 416 g/mol. The summed E-state index contributed by atoms with van der Waals surface area (Å²) in [5.41, 5.74) is 0.742. The highest BCUT2D eigenvalue weighted by atomic mass is 19.4. The molecule has 0 aliphatic carbocycles. The molecule has 0 fully saturated rings. The van der Waals surface area contributed by atoms with Crippen LogP contribution in [-0.2, 0) is 12.7 Å². The second-order valence-corrected chi connectivity index (χ2v) is 7.21. The van der Waals surface area contributed by atoms with Crippen molar-refractivity contribution >= 4 is 5.91 Å². The molecule has 1 amide bonds. The molecule has 8 heteroatoms. The van der Waals surface area contributed by atoms with E-state index in [9.17, 15) is 18.0 Å². The van der Waals surface area contributed by atoms with E-state index in [1.807, 2.05) is 49.3 Å². The van der Waals surface area contributed by atoms with Crippen molar-refractivity contribution in [3.05, 3.63) is 83.7 Å². The van der Waals surface area contributed by atoms with Crippen LogP contribution in [-0.4, -0.2) is 52.7 Å². The smallest absolute Gasteiger partial charge is 0.332 e. The molecule has 1 aromatic heterocycles. The van der Waals surface area contributed by atoms with Crippen LogP contribution in [0, 0.1) is 0 Å². The van der Waals surface area contributed by atoms with Gasteiger partial charge in [-0.15, -0.1) is 0 Å². The number of hydrogen-bond acceptors (Lipinski definition) is 3. The lowest BCUT2D eigenvalue weighted by atomic mass is 10.1. The Balaban J connectivity index is 1.83. The van der Waals surface area contributed by atoms with Gasteiger partial charge in [0.25, 0.3) is 5.91 Å². The summed E-state index contributed by atoms with van der Waals surface area (Å²) in [4.78, 5) is 16.5. The van der Waals surface area contributed by atoms with Crippen molar-refractivity contribution < 1.29 is 18.0 Å². The van der Waals surface area contributed by atoms with E-state index in [0.29, 0.717) is 18.7 Å². The number of nitrogens with zero attached hydrogens (tertiary/aromatic N) is 4. The van der Waals surface area contributed by atoms with E-state index in [1.54, 1.807) is 23.0 Å². The van der Waals surface area contributed by atoms with E-state index < -0.39 is 11.7 Å². The van der Waals surface area contributed by atoms with Gasteiger partial charge in [0.2, 0.25) is 0 Å². The first-order valence-electron chi connectivity index (χ1n) is 9.45. The standard InChI is InChI=1S/C22H23F3N4O/c1-27(2)13-14-28(16-17-7-6-8-18(15-17)22(23,24)25)21(30)20-11-12-29(26-20)19-9-4-3-5-10-19/h3-12,15H,13-14,16H2,1-2H3. The van der Waals surface area contributed by atoms with Crippen molar-refractivity contribution in [2.24, 2.45) is 0 Å². The molecule has 0 atom stereocenters. The fourth-order valence-electron chi connectivity index (χ4n) is 2.96. The number of alkyl halides is 3. The summed E-state index contributed by atoms with van der Waals surface area (Å²) in [6.07, 6.45) is -2.74. The fourth-order valence-corrected chi connectivity index (χ4v) is 2.96. The largest absolute Gasteiger partial charge is 0.416 e. The highest BCUT2D eigenvalue weighted by Gasteiger charge is 2.30. The summed E-state index contributed by atoms with van der Waals surface area (Å²) in [6.45, 7) is 0.999. The van der Waals surface area contributed by atoms with Gasteiger partial charge in [-0.05, 0) is 50.0 Å². The molecule has 3 aromatic rings. The summed E-state index contributed by atoms with van der Waals surface area (Å²) in [7, 11) is 3.74. The number of likely N-dealkylation sites (N-methyl/N-ethyl adjacent to an activating group) is 1. The first kappa shape index (κ1) is 21.6. The van der Waals surface area contributed by atoms with Crippen LogP contribution in [0.15, 0.2) is 66.9 Å². The van der Waals surface area contributed by atoms with E-state index >= 15 is 0 Å². The van der Waals surface area contributed by atoms with E-state index in [0.717, 1.165) is 17.8 Å². The van der Waals surface area contributed by atoms with Gasteiger partial charge in [-0.1, -0.05) is 30.3 Å². The molecular formula is C22H23F3N4O. The van der Waals surface area contributed by atoms with Gasteiger partial charge in [0.05, 0.1) is 11.3 Å². The maximum Gasteiger partial charge on any atom is 0.416 e. The maximum absolute atomic E-state index is 13.1. The molecule has 0 radical (unpaired) electrons. The molecule has 30 heavy (non-hydrogen) atoms. The first-order valence-corrected chi connectivity index (χ1v) is 9.45. The Bertz CT molecular complexity index is 983. The Morgan fingerprint density at radius 3 is 2.40 bits per heavy atom. The Morgan fingerprint density at radius 1 is 1.00 bits per heavy atom. The number of aromatic nitrogens is 2. The van der Waals surface area contributed by atoms with Crippen LogP contribution in [0.4, 0.5) is 13.2 Å². The molecule has 0 bridgehead atoms. The molecular weight excluding hydrogens is 393 g/mol. The van der Waals surface area contributed by atoms with Crippen LogP contribution >= 0.6 is 0 Å². The molecule has 0 aliphatic rings. The van der Waals surface area contributed by atoms with Gasteiger partial charge in [-0.25, -0.2) is 4.68 Å². The molecule has 0 N–H and O–H groups in total. The van der Waals surface area contributed by atoms with Gasteiger partial charge in [-0.3, -0.25) is 4.79 Å². The zero-order valence-corrected chi connectivity index (χ0v) is 16.8. The van der Waals surface area contributed by atoms with E-state index in [2.05, 4.69) is 5.10 Å². The summed E-state index contributed by atoms with van der Waals surface area (Å²) >= 11 is 0. The number of para-hydroxylation sites is 1. The SMILES string of the molecule is CN(C)CCN(Cc1cccc(C(F)(F)F)c1)C(=O)c1ccn(-c2ccccc2)n1. The number of amides is 1. The Labute approximate surface area is 173 Å². The van der Waals surface area contributed by atoms with Crippen molar-refractivity contribution in [1.29, 1.82) is 0 Å². The third-order valence-electron chi connectivity index (χ3n) is 4.56. The summed E-state index contributed by atoms with van der Waals surface area (Å²) in [6, 6.07) is 16.0. The van der Waals surface area contributed by atoms with Crippen molar-refractivity contribution in [1.82, 2.24) is 19.6 Å². The van der Waals surface area contributed by atoms with Crippen molar-refractivity contribution in [2.45, 2.75) is 12.7 Å². The first-order chi connectivity index (χ1) is 14.2. The summed E-state index contributed by atoms with van der Waals surface area (Å²) < 4.78 is 40.7. The van der Waals surface area contributed by atoms with E-state index in [4.69, 9.17) is 0 Å². The highest BCUT2D eigenvalue weighted by molar-refractivity contribution is 5.92. The number of carbonyl (C=O) groups is 1. The molecule has 0 unspecified atom stereocenters. The number of rotatable bonds is 7. The number of hydrogen-bond donors (Lipinski definition) is 0. The van der Waals surface area contributed by atoms with E-state index in [-0.39, 0.29) is 18.1 Å². The predicted octanol–water partition coefficient (Wildman–Crippen LogP) is 4.10. The summed E-state index contributed by atoms with van der Waals surface area (Å²) in [5, 5.41) is 4.36. The van der Waals surface area contributed by atoms with Crippen LogP contribution < -0.4 is 0 Å². The van der Waals surface area contributed by atoms with Crippen LogP contribution in [0.5, 0.6) is 0 Å². The lowest BCUT2D eigenvalue weighted by Crippen LogP contribution is -2.36. The number of benzene rings is 2. The highest BCUT2D eigenvalue weighted by Crippen LogP contribution is 2.29. The van der Waals surface area contributed by atoms with Crippen molar-refractivity contribution in [3.8, 4) is 5.69 Å². The zero-order chi connectivity index (χ0) is 21.7. The topological polar surface area (TPSA) is 41.4 Å². The Morgan fingerprint density at radius 2 is 1.73 bits per heavy atom. The third-order valence-corrected chi connectivity index (χ3v) is 4.56. The van der Waals surface area contributed by atoms with Gasteiger partial charge < -0.3 is 9.80 Å². The van der Waals surface area contributed by atoms with Crippen LogP contribution in [0.2, 0.25) is 0 Å². The molecule has 2 aromatic carbocycles. The van der Waals surface area contributed by atoms with Gasteiger partial charge >= 0.3 is 6.18 Å². The maximum atomic E-state index is 13.1. The third kappa shape index (κ3) is 5.48. The number of halogens is 3. The van der Waals surface area contributed by atoms with Gasteiger partial charge in [0, 0.05) is 25.8 Å². The van der Waals surface area contributed by atoms with E-state index in [1.165, 1.54) is 11.0 Å². The molecule has 0 saturated carbocycles. The predicted molar refractivity (Wildman–Crippen MR) is 108 cm³/mol. The molecule has 1 heterocycles. The average Bonchev–Trinajstić information content (AvgIpc) is 3.21. The second kappa shape index (κ2) is 9.13. The Hall–Kier alpha value is -3.13. The van der Waals surface area contributed by atoms with Crippen molar-refractivity contribution in [3.63, 3.8) is 0 Å². The van der Waals surface area contributed by atoms with Crippen LogP contribution in [0.1, 0.15) is 21.6 Å². The molecule has 5 nitrogen and oxygen atoms in total. The van der Waals surface area contributed by atoms with Gasteiger partial charge in [0.15, 0.2) is 5.69 Å². The molecule has 3 rings (SSSR count). The lowest BCUT2D eigenvalue weighted by molar-refractivity contribution is -0.137. The number of carbonyl (C=O) groups excluding carboxylic acids is 1. The molecule has 0 aliphatic heterocycles. The molecule has 158 valence electrons. The molecule has 0 saturated heterocycles. The minimum absolute atomic E-state index is 0.0643. The molecule has 0 spiro atoms. The minimum Gasteiger partial charge on any atom is -0.332 e. The average molecular weight is 416 g/mol. The van der Waals surface area contributed by atoms with Gasteiger partial charge in [0.1, 0.15) is 0 Å². The fraction of sp³-hybridized carbons (Fsp3) is 0.273. The normalized spacial score (nSPS) is 11.7. The zero-order valence-electron chi connectivity index (χ0n) is 16.8. The second-order valence-electron chi connectivity index (χ2n) is 7.21. The van der Waals surface area contributed by atoms with Crippen molar-refractivity contribution in [2.75, 3.05) is 27.2 Å².